The Labute approximate surface area is 138 Å². The van der Waals surface area contributed by atoms with E-state index in [-0.39, 0.29) is 48.0 Å². The second-order valence-corrected chi connectivity index (χ2v) is 6.91. The molecule has 0 aromatic heterocycles. The van der Waals surface area contributed by atoms with E-state index >= 15 is 0 Å². The molecule has 0 bridgehead atoms. The van der Waals surface area contributed by atoms with Gasteiger partial charge in [-0.2, -0.15) is 0 Å². The normalized spacial score (nSPS) is 6.57. The van der Waals surface area contributed by atoms with Crippen LogP contribution in [0.2, 0.25) is 21.1 Å². The van der Waals surface area contributed by atoms with Gasteiger partial charge in [0.15, 0.2) is 0 Å². The van der Waals surface area contributed by atoms with Crippen molar-refractivity contribution >= 4 is 30.4 Å². The van der Waals surface area contributed by atoms with Crippen molar-refractivity contribution < 1.29 is 48.0 Å². The number of hydrogen-bond acceptors (Lipinski definition) is 0. The van der Waals surface area contributed by atoms with Crippen LogP contribution in [-0.4, -0.2) is 30.4 Å². The van der Waals surface area contributed by atoms with Crippen LogP contribution in [0.4, 0.5) is 0 Å². The summed E-state index contributed by atoms with van der Waals surface area (Å²) in [6.07, 6.45) is 2.80. The Hall–Kier alpha value is 2.52. The van der Waals surface area contributed by atoms with E-state index in [2.05, 4.69) is 27.7 Å². The molecule has 0 spiro atoms. The molecule has 0 aromatic carbocycles. The maximum atomic E-state index is 2.27. The van der Waals surface area contributed by atoms with Crippen LogP contribution in [0.15, 0.2) is 0 Å². The van der Waals surface area contributed by atoms with Gasteiger partial charge in [-0.25, -0.2) is 0 Å². The van der Waals surface area contributed by atoms with Crippen molar-refractivity contribution in [2.75, 3.05) is 0 Å². The van der Waals surface area contributed by atoms with Gasteiger partial charge in [0.1, 0.15) is 0 Å². The van der Waals surface area contributed by atoms with E-state index < -0.39 is 0 Å². The molecule has 0 nitrogen and oxygen atoms in total. The van der Waals surface area contributed by atoms with Gasteiger partial charge >= 0.3 is 92.1 Å². The minimum Gasteiger partial charge on any atom is -1.00 e. The van der Waals surface area contributed by atoms with Gasteiger partial charge in [0.2, 0.25) is 0 Å². The zero-order valence-corrected chi connectivity index (χ0v) is 16.8. The molecular weight excluding hydrogens is 428 g/mol. The van der Waals surface area contributed by atoms with E-state index in [4.69, 9.17) is 0 Å². The van der Waals surface area contributed by atoms with Crippen LogP contribution in [0.25, 0.3) is 0 Å². The Morgan fingerprint density at radius 3 is 1.14 bits per heavy atom. The molecule has 0 fully saturated rings. The molecule has 0 unspecified atom stereocenters. The smallest absolute Gasteiger partial charge is 1.00 e. The van der Waals surface area contributed by atoms with Gasteiger partial charge in [0, 0.05) is 0 Å². The molecule has 0 aliphatic rings. The number of rotatable bonds is 6. The minimum absolute atomic E-state index is 0. The monoisotopic (exact) mass is 452 g/mol. The van der Waals surface area contributed by atoms with E-state index in [1.54, 1.807) is 0 Å². The Morgan fingerprint density at radius 1 is 0.643 bits per heavy atom. The Kier molecular flexibility index (Phi) is 53.6. The van der Waals surface area contributed by atoms with Gasteiger partial charge in [0.05, 0.1) is 0 Å². The van der Waals surface area contributed by atoms with Crippen molar-refractivity contribution in [3.05, 3.63) is 0 Å². The van der Waals surface area contributed by atoms with Crippen LogP contribution in [0, 0.1) is 0 Å². The molecule has 0 aliphatic heterocycles. The fourth-order valence-corrected chi connectivity index (χ4v) is 2.52. The maximum absolute atomic E-state index is 2.27. The zero-order chi connectivity index (χ0) is 9.66. The molecule has 84 valence electrons. The first-order valence-electron chi connectivity index (χ1n) is 5.46. The summed E-state index contributed by atoms with van der Waals surface area (Å²) in [5.41, 5.74) is 0. The Morgan fingerprint density at radius 2 is 1.00 bits per heavy atom. The second kappa shape index (κ2) is 29.6. The topological polar surface area (TPSA) is 0 Å². The van der Waals surface area contributed by atoms with Gasteiger partial charge in [-0.15, -0.1) is 0 Å². The predicted molar refractivity (Wildman–Crippen MR) is 62.7 cm³/mol. The van der Waals surface area contributed by atoms with Gasteiger partial charge in [-0.1, -0.05) is 0 Å². The summed E-state index contributed by atoms with van der Waals surface area (Å²) in [5, 5.41) is 5.87. The maximum Gasteiger partial charge on any atom is -1.00 e. The summed E-state index contributed by atoms with van der Waals surface area (Å²) in [6, 6.07) is 0. The van der Waals surface area contributed by atoms with Crippen molar-refractivity contribution in [2.45, 2.75) is 61.7 Å². The Bertz CT molecular complexity index is 58.1. The molecule has 14 heavy (non-hydrogen) atoms. The fraction of sp³-hybridized carbons (Fsp3) is 1.00. The molecule has 0 aromatic rings. The first-order chi connectivity index (χ1) is 5.83. The molecule has 0 saturated carbocycles. The van der Waals surface area contributed by atoms with Crippen molar-refractivity contribution in [1.82, 2.24) is 0 Å². The molecule has 0 heterocycles. The van der Waals surface area contributed by atoms with Crippen LogP contribution in [-0.2, 0) is 0 Å². The third kappa shape index (κ3) is 36.6. The van der Waals surface area contributed by atoms with Gasteiger partial charge in [0.25, 0.3) is 0 Å². The summed E-state index contributed by atoms with van der Waals surface area (Å²) in [5.74, 6) is 0. The van der Waals surface area contributed by atoms with Crippen molar-refractivity contribution in [2.24, 2.45) is 0 Å². The molecule has 0 saturated heterocycles. The standard InChI is InChI=1S/2C3H7.2C2H5.2Al.2HI/c2*1-3-2;2*1-2;;;;/h2*1,3H2,2H3;2*1H2,2H3;;;2*1H/q;;;;2*+1;;/p-2. The minimum atomic E-state index is 0. The predicted octanol–water partition coefficient (Wildman–Crippen LogP) is -2.08. The van der Waals surface area contributed by atoms with Crippen LogP contribution < -0.4 is 48.0 Å². The van der Waals surface area contributed by atoms with E-state index in [0.717, 1.165) is 30.4 Å². The molecule has 0 N–H and O–H groups in total. The number of hydrogen-bond donors (Lipinski definition) is 0. The van der Waals surface area contributed by atoms with E-state index in [1.165, 1.54) is 34.0 Å². The van der Waals surface area contributed by atoms with Crippen molar-refractivity contribution in [3.8, 4) is 0 Å². The molecule has 0 amide bonds. The molecule has 0 aliphatic carbocycles. The second-order valence-electron chi connectivity index (χ2n) is 2.97. The van der Waals surface area contributed by atoms with Crippen LogP contribution in [0.1, 0.15) is 40.5 Å². The molecule has 0 rings (SSSR count). The summed E-state index contributed by atoms with van der Waals surface area (Å²) in [4.78, 5) is 0. The first-order valence-corrected chi connectivity index (χ1v) is 8.73. The molecule has 0 atom stereocenters. The summed E-state index contributed by atoms with van der Waals surface area (Å²) in [7, 11) is 0. The zero-order valence-electron chi connectivity index (χ0n) is 10.2. The van der Waals surface area contributed by atoms with Gasteiger partial charge in [-0.05, 0) is 0 Å². The van der Waals surface area contributed by atoms with Gasteiger partial charge in [-0.3, -0.25) is 0 Å². The van der Waals surface area contributed by atoms with Crippen LogP contribution >= 0.6 is 0 Å². The first kappa shape index (κ1) is 25.4. The van der Waals surface area contributed by atoms with Crippen molar-refractivity contribution in [3.63, 3.8) is 0 Å². The molecule has 0 radical (unpaired) electrons. The van der Waals surface area contributed by atoms with E-state index in [0.29, 0.717) is 0 Å². The van der Waals surface area contributed by atoms with Crippen molar-refractivity contribution in [1.29, 1.82) is 0 Å². The largest absolute Gasteiger partial charge is 1.00 e. The fourth-order valence-electron chi connectivity index (χ4n) is 0.841. The van der Waals surface area contributed by atoms with E-state index in [9.17, 15) is 0 Å². The quantitative estimate of drug-likeness (QED) is 0.247. The van der Waals surface area contributed by atoms with E-state index in [1.807, 2.05) is 0 Å². The summed E-state index contributed by atoms with van der Waals surface area (Å²) in [6.45, 7) is 9.03. The third-order valence-electron chi connectivity index (χ3n) is 1.56. The SMILES string of the molecule is CC[CH2][Al+][CH2]CC.C[CH2][Al+][CH2]C.[I-].[I-]. The Balaban J connectivity index is -0.0000000651. The summed E-state index contributed by atoms with van der Waals surface area (Å²) >= 11 is 1.64. The molecular formula is C10H24Al2I2. The average Bonchev–Trinajstić information content (AvgIpc) is 2.08. The molecule has 4 heteroatoms. The average molecular weight is 452 g/mol. The van der Waals surface area contributed by atoms with Crippen LogP contribution in [0.3, 0.4) is 0 Å². The number of halogens is 2. The van der Waals surface area contributed by atoms with Crippen LogP contribution in [0.5, 0.6) is 0 Å². The van der Waals surface area contributed by atoms with Gasteiger partial charge < -0.3 is 48.0 Å². The third-order valence-corrected chi connectivity index (χ3v) is 4.69. The summed E-state index contributed by atoms with van der Waals surface area (Å²) < 4.78 is 0.